The largest absolute Gasteiger partial charge is 0.305 e. The summed E-state index contributed by atoms with van der Waals surface area (Å²) in [7, 11) is 0. The van der Waals surface area contributed by atoms with E-state index >= 15 is 0 Å². The highest BCUT2D eigenvalue weighted by Gasteiger charge is 2.39. The molecule has 186 valence electrons. The minimum atomic E-state index is -0.304. The summed E-state index contributed by atoms with van der Waals surface area (Å²) in [4.78, 5) is 31.3. The number of hydrogen-bond acceptors (Lipinski definition) is 2. The van der Waals surface area contributed by atoms with Gasteiger partial charge in [-0.05, 0) is 79.6 Å². The Labute approximate surface area is 231 Å². The van der Waals surface area contributed by atoms with Gasteiger partial charge >= 0.3 is 0 Å². The molecule has 1 heterocycles. The summed E-state index contributed by atoms with van der Waals surface area (Å²) < 4.78 is 0. The molecule has 37 heavy (non-hydrogen) atoms. The Morgan fingerprint density at radius 2 is 1.46 bits per heavy atom. The smallest absolute Gasteiger partial charge is 0.260 e. The molecule has 4 aromatic rings. The maximum absolute atomic E-state index is 14.0. The highest BCUT2D eigenvalue weighted by atomic mass is 35.5. The summed E-state index contributed by atoms with van der Waals surface area (Å²) in [5.41, 5.74) is 3.31. The average Bonchev–Trinajstić information content (AvgIpc) is 2.89. The van der Waals surface area contributed by atoms with Gasteiger partial charge in [0.15, 0.2) is 0 Å². The van der Waals surface area contributed by atoms with Gasteiger partial charge in [0.2, 0.25) is 0 Å². The van der Waals surface area contributed by atoms with Crippen molar-refractivity contribution in [3.63, 3.8) is 0 Å². The predicted molar refractivity (Wildman–Crippen MR) is 151 cm³/mol. The van der Waals surface area contributed by atoms with E-state index in [2.05, 4.69) is 0 Å². The van der Waals surface area contributed by atoms with Gasteiger partial charge in [0.1, 0.15) is 0 Å². The normalized spacial score (nSPS) is 16.7. The van der Waals surface area contributed by atoms with E-state index in [0.717, 1.165) is 16.9 Å². The van der Waals surface area contributed by atoms with Crippen molar-refractivity contribution in [3.05, 3.63) is 129 Å². The van der Waals surface area contributed by atoms with Crippen LogP contribution in [0, 0.1) is 0 Å². The summed E-state index contributed by atoms with van der Waals surface area (Å²) >= 11 is 18.6. The lowest BCUT2D eigenvalue weighted by Crippen LogP contribution is -2.48. The second kappa shape index (κ2) is 10.6. The standard InChI is InChI=1S/C30H23Cl3N2O2/c1-19-17-28(35(23-7-3-2-4-8-23)29(36)20-11-13-21(31)14-12-20)25-9-5-6-10-27(25)34(19)30(37)24-16-15-22(32)18-26(24)33/h2-16,18-19,28H,17H2,1H3/t19-,28+/m0/s1. The number of carbonyl (C=O) groups is 2. The Balaban J connectivity index is 1.61. The molecule has 0 fully saturated rings. The van der Waals surface area contributed by atoms with Gasteiger partial charge in [-0.2, -0.15) is 0 Å². The van der Waals surface area contributed by atoms with E-state index in [9.17, 15) is 9.59 Å². The first kappa shape index (κ1) is 25.3. The van der Waals surface area contributed by atoms with E-state index in [-0.39, 0.29) is 23.9 Å². The van der Waals surface area contributed by atoms with Crippen molar-refractivity contribution < 1.29 is 9.59 Å². The van der Waals surface area contributed by atoms with Gasteiger partial charge in [0.25, 0.3) is 11.8 Å². The van der Waals surface area contributed by atoms with Gasteiger partial charge < -0.3 is 9.80 Å². The molecule has 0 radical (unpaired) electrons. The Bertz CT molecular complexity index is 1460. The molecule has 0 saturated carbocycles. The minimum absolute atomic E-state index is 0.143. The highest BCUT2D eigenvalue weighted by molar-refractivity contribution is 6.37. The number of carbonyl (C=O) groups excluding carboxylic acids is 2. The van der Waals surface area contributed by atoms with Crippen molar-refractivity contribution in [1.82, 2.24) is 0 Å². The van der Waals surface area contributed by atoms with Crippen molar-refractivity contribution in [2.75, 3.05) is 9.80 Å². The number of nitrogens with zero attached hydrogens (tertiary/aromatic N) is 2. The molecule has 0 N–H and O–H groups in total. The first-order valence-corrected chi connectivity index (χ1v) is 13.0. The fourth-order valence-corrected chi connectivity index (χ4v) is 5.50. The Morgan fingerprint density at radius 3 is 2.16 bits per heavy atom. The van der Waals surface area contributed by atoms with Crippen LogP contribution in [-0.2, 0) is 0 Å². The molecule has 2 atom stereocenters. The van der Waals surface area contributed by atoms with Crippen molar-refractivity contribution >= 4 is 58.0 Å². The summed E-state index contributed by atoms with van der Waals surface area (Å²) in [6.07, 6.45) is 0.530. The number of hydrogen-bond donors (Lipinski definition) is 0. The van der Waals surface area contributed by atoms with E-state index < -0.39 is 0 Å². The zero-order chi connectivity index (χ0) is 26.1. The van der Waals surface area contributed by atoms with Gasteiger partial charge in [-0.15, -0.1) is 0 Å². The zero-order valence-electron chi connectivity index (χ0n) is 19.9. The lowest BCUT2D eigenvalue weighted by Gasteiger charge is -2.43. The molecular weight excluding hydrogens is 527 g/mol. The lowest BCUT2D eigenvalue weighted by atomic mass is 9.89. The van der Waals surface area contributed by atoms with Crippen LogP contribution in [0.3, 0.4) is 0 Å². The quantitative estimate of drug-likeness (QED) is 0.256. The maximum Gasteiger partial charge on any atom is 0.260 e. The number of halogens is 3. The average molecular weight is 550 g/mol. The van der Waals surface area contributed by atoms with Gasteiger partial charge in [-0.25, -0.2) is 0 Å². The molecule has 0 aliphatic carbocycles. The van der Waals surface area contributed by atoms with Crippen LogP contribution < -0.4 is 9.80 Å². The van der Waals surface area contributed by atoms with Crippen LogP contribution in [0.15, 0.2) is 97.1 Å². The van der Waals surface area contributed by atoms with E-state index in [1.807, 2.05) is 66.4 Å². The number of rotatable bonds is 4. The monoisotopic (exact) mass is 548 g/mol. The fourth-order valence-electron chi connectivity index (χ4n) is 4.89. The third kappa shape index (κ3) is 4.97. The topological polar surface area (TPSA) is 40.6 Å². The molecule has 4 aromatic carbocycles. The maximum atomic E-state index is 14.0. The third-order valence-electron chi connectivity index (χ3n) is 6.60. The molecule has 7 heteroatoms. The van der Waals surface area contributed by atoms with Crippen LogP contribution in [-0.4, -0.2) is 17.9 Å². The van der Waals surface area contributed by atoms with Crippen molar-refractivity contribution in [2.24, 2.45) is 0 Å². The molecular formula is C30H23Cl3N2O2. The summed E-state index contributed by atoms with van der Waals surface area (Å²) in [5.74, 6) is -0.356. The first-order chi connectivity index (χ1) is 17.8. The Morgan fingerprint density at radius 1 is 0.811 bits per heavy atom. The summed E-state index contributed by atoms with van der Waals surface area (Å²) in [6.45, 7) is 1.99. The van der Waals surface area contributed by atoms with Crippen molar-refractivity contribution in [3.8, 4) is 0 Å². The molecule has 0 saturated heterocycles. The number of fused-ring (bicyclic) bond motifs is 1. The van der Waals surface area contributed by atoms with Crippen LogP contribution in [0.2, 0.25) is 15.1 Å². The molecule has 5 rings (SSSR count). The Kier molecular flexibility index (Phi) is 7.25. The fraction of sp³-hybridized carbons (Fsp3) is 0.133. The second-order valence-electron chi connectivity index (χ2n) is 8.98. The van der Waals surface area contributed by atoms with Crippen molar-refractivity contribution in [2.45, 2.75) is 25.4 Å². The van der Waals surface area contributed by atoms with Gasteiger partial charge in [0, 0.05) is 33.0 Å². The van der Waals surface area contributed by atoms with Crippen LogP contribution in [0.1, 0.15) is 45.7 Å². The lowest BCUT2D eigenvalue weighted by molar-refractivity contribution is 0.0965. The second-order valence-corrected chi connectivity index (χ2v) is 10.3. The van der Waals surface area contributed by atoms with Gasteiger partial charge in [-0.3, -0.25) is 9.59 Å². The van der Waals surface area contributed by atoms with E-state index in [4.69, 9.17) is 34.8 Å². The summed E-state index contributed by atoms with van der Waals surface area (Å²) in [6, 6.07) is 28.5. The van der Waals surface area contributed by atoms with Crippen LogP contribution >= 0.6 is 34.8 Å². The van der Waals surface area contributed by atoms with Crippen molar-refractivity contribution in [1.29, 1.82) is 0 Å². The molecule has 4 nitrogen and oxygen atoms in total. The molecule has 1 aliphatic heterocycles. The number of benzene rings is 4. The van der Waals surface area contributed by atoms with E-state index in [1.54, 1.807) is 47.4 Å². The highest BCUT2D eigenvalue weighted by Crippen LogP contribution is 2.43. The Hall–Kier alpha value is -3.31. The number of para-hydroxylation sites is 2. The van der Waals surface area contributed by atoms with Crippen LogP contribution in [0.4, 0.5) is 11.4 Å². The van der Waals surface area contributed by atoms with Crippen LogP contribution in [0.25, 0.3) is 0 Å². The summed E-state index contributed by atoms with van der Waals surface area (Å²) in [5, 5.41) is 1.33. The minimum Gasteiger partial charge on any atom is -0.305 e. The zero-order valence-corrected chi connectivity index (χ0v) is 22.2. The molecule has 2 amide bonds. The molecule has 0 aromatic heterocycles. The van der Waals surface area contributed by atoms with E-state index in [0.29, 0.717) is 32.6 Å². The number of anilines is 2. The molecule has 0 bridgehead atoms. The number of amides is 2. The third-order valence-corrected chi connectivity index (χ3v) is 7.40. The van der Waals surface area contributed by atoms with Gasteiger partial charge in [0.05, 0.1) is 16.6 Å². The van der Waals surface area contributed by atoms with Crippen LogP contribution in [0.5, 0.6) is 0 Å². The van der Waals surface area contributed by atoms with Gasteiger partial charge in [-0.1, -0.05) is 71.2 Å². The van der Waals surface area contributed by atoms with E-state index in [1.165, 1.54) is 0 Å². The predicted octanol–water partition coefficient (Wildman–Crippen LogP) is 8.47. The first-order valence-electron chi connectivity index (χ1n) is 11.9. The molecule has 1 aliphatic rings. The molecule has 0 unspecified atom stereocenters. The SMILES string of the molecule is C[C@H]1C[C@@H](N(C(=O)c2ccc(Cl)cc2)c2ccccc2)c2ccccc2N1C(=O)c1ccc(Cl)cc1Cl. The molecule has 0 spiro atoms.